The molecule has 39 heavy (non-hydrogen) atoms. The number of nitrogens with one attached hydrogen (secondary N) is 4. The number of rotatable bonds is 4. The number of anilines is 2. The average molecular weight is 524 g/mol. The standard InChI is InChI=1S/C29H26FN7O2/c1-29(2,3)25-13-26(37(36-25)18-8-10-23-17(11-18)14-32-35-23)34-28(39)33-24-12-16(7-9-22(24)30)19-5-4-6-20-21(19)15-31-27(20)38/h4-14H,15H2,1-3H3,(H,31,38)(H,32,35)(H2,33,34,39). The molecule has 0 atom stereocenters. The van der Waals surface area contributed by atoms with E-state index in [1.165, 1.54) is 6.07 Å². The molecule has 196 valence electrons. The van der Waals surface area contributed by atoms with Crippen LogP contribution in [0.25, 0.3) is 27.7 Å². The molecule has 5 aromatic rings. The van der Waals surface area contributed by atoms with Gasteiger partial charge in [0.25, 0.3) is 5.91 Å². The maximum absolute atomic E-state index is 14.8. The third-order valence-electron chi connectivity index (χ3n) is 6.76. The molecule has 9 nitrogen and oxygen atoms in total. The summed E-state index contributed by atoms with van der Waals surface area (Å²) < 4.78 is 16.5. The highest BCUT2D eigenvalue weighted by atomic mass is 19.1. The van der Waals surface area contributed by atoms with Gasteiger partial charge >= 0.3 is 6.03 Å². The van der Waals surface area contributed by atoms with Gasteiger partial charge in [0, 0.05) is 29.0 Å². The number of hydrogen-bond donors (Lipinski definition) is 4. The summed E-state index contributed by atoms with van der Waals surface area (Å²) >= 11 is 0. The van der Waals surface area contributed by atoms with Gasteiger partial charge in [0.15, 0.2) is 0 Å². The van der Waals surface area contributed by atoms with E-state index < -0.39 is 11.8 Å². The van der Waals surface area contributed by atoms with Crippen LogP contribution in [0.3, 0.4) is 0 Å². The number of carbonyl (C=O) groups is 2. The van der Waals surface area contributed by atoms with E-state index in [2.05, 4.69) is 26.1 Å². The van der Waals surface area contributed by atoms with Crippen LogP contribution in [0.4, 0.5) is 20.7 Å². The Hall–Kier alpha value is -4.99. The van der Waals surface area contributed by atoms with Crippen LogP contribution in [0.1, 0.15) is 42.4 Å². The highest BCUT2D eigenvalue weighted by Gasteiger charge is 2.24. The van der Waals surface area contributed by atoms with Crippen molar-refractivity contribution in [2.75, 3.05) is 10.6 Å². The fraction of sp³-hybridized carbons (Fsp3) is 0.172. The number of benzene rings is 3. The maximum atomic E-state index is 14.8. The fourth-order valence-corrected chi connectivity index (χ4v) is 4.68. The van der Waals surface area contributed by atoms with Crippen molar-refractivity contribution >= 4 is 34.3 Å². The van der Waals surface area contributed by atoms with Crippen LogP contribution < -0.4 is 16.0 Å². The lowest BCUT2D eigenvalue weighted by molar-refractivity contribution is 0.0965. The van der Waals surface area contributed by atoms with E-state index in [9.17, 15) is 14.0 Å². The number of nitrogens with zero attached hydrogens (tertiary/aromatic N) is 3. The first-order valence-corrected chi connectivity index (χ1v) is 12.5. The van der Waals surface area contributed by atoms with Crippen molar-refractivity contribution in [3.8, 4) is 16.8 Å². The van der Waals surface area contributed by atoms with E-state index in [1.54, 1.807) is 35.1 Å². The van der Waals surface area contributed by atoms with E-state index in [0.717, 1.165) is 33.4 Å². The van der Waals surface area contributed by atoms with Gasteiger partial charge in [0.1, 0.15) is 11.6 Å². The first-order valence-electron chi connectivity index (χ1n) is 12.5. The molecule has 3 aromatic carbocycles. The lowest BCUT2D eigenvalue weighted by Gasteiger charge is -2.14. The van der Waals surface area contributed by atoms with E-state index in [1.807, 2.05) is 51.1 Å². The zero-order valence-corrected chi connectivity index (χ0v) is 21.6. The highest BCUT2D eigenvalue weighted by molar-refractivity contribution is 6.02. The van der Waals surface area contributed by atoms with E-state index in [0.29, 0.717) is 23.5 Å². The molecule has 0 saturated heterocycles. The Morgan fingerprint density at radius 1 is 1.03 bits per heavy atom. The summed E-state index contributed by atoms with van der Waals surface area (Å²) in [5, 5.41) is 20.9. The molecule has 0 radical (unpaired) electrons. The van der Waals surface area contributed by atoms with Crippen molar-refractivity contribution in [2.45, 2.75) is 32.7 Å². The minimum Gasteiger partial charge on any atom is -0.348 e. The molecular weight excluding hydrogens is 497 g/mol. The SMILES string of the molecule is CC(C)(C)c1cc(NC(=O)Nc2cc(-c3cccc4c3CNC4=O)ccc2F)n(-c2ccc3[nH]ncc3c2)n1. The van der Waals surface area contributed by atoms with Crippen molar-refractivity contribution in [3.63, 3.8) is 0 Å². The van der Waals surface area contributed by atoms with Crippen molar-refractivity contribution in [3.05, 3.63) is 89.5 Å². The van der Waals surface area contributed by atoms with Crippen LogP contribution in [-0.2, 0) is 12.0 Å². The molecule has 2 aromatic heterocycles. The Balaban J connectivity index is 1.30. The molecular formula is C29H26FN7O2. The minimum absolute atomic E-state index is 0.0156. The molecule has 4 N–H and O–H groups in total. The quantitative estimate of drug-likeness (QED) is 0.240. The molecule has 0 fully saturated rings. The van der Waals surface area contributed by atoms with Crippen LogP contribution in [0.15, 0.2) is 66.9 Å². The Bertz CT molecular complexity index is 1760. The highest BCUT2D eigenvalue weighted by Crippen LogP contribution is 2.32. The normalized spacial score (nSPS) is 12.9. The van der Waals surface area contributed by atoms with Gasteiger partial charge in [-0.2, -0.15) is 10.2 Å². The third kappa shape index (κ3) is 4.50. The number of carbonyl (C=O) groups excluding carboxylic acids is 2. The van der Waals surface area contributed by atoms with Crippen LogP contribution in [0.2, 0.25) is 0 Å². The van der Waals surface area contributed by atoms with Gasteiger partial charge in [0.2, 0.25) is 0 Å². The Labute approximate surface area is 223 Å². The molecule has 1 aliphatic heterocycles. The van der Waals surface area contributed by atoms with Crippen molar-refractivity contribution in [1.82, 2.24) is 25.3 Å². The second-order valence-electron chi connectivity index (χ2n) is 10.5. The number of aromatic amines is 1. The Morgan fingerprint density at radius 3 is 2.67 bits per heavy atom. The van der Waals surface area contributed by atoms with Crippen LogP contribution in [0, 0.1) is 5.82 Å². The van der Waals surface area contributed by atoms with Gasteiger partial charge in [-0.15, -0.1) is 0 Å². The van der Waals surface area contributed by atoms with Crippen molar-refractivity contribution < 1.29 is 14.0 Å². The van der Waals surface area contributed by atoms with Gasteiger partial charge in [0.05, 0.1) is 28.8 Å². The molecule has 10 heteroatoms. The molecule has 0 spiro atoms. The summed E-state index contributed by atoms with van der Waals surface area (Å²) in [6.45, 7) is 6.50. The van der Waals surface area contributed by atoms with E-state index in [-0.39, 0.29) is 17.0 Å². The Morgan fingerprint density at radius 2 is 1.85 bits per heavy atom. The number of fused-ring (bicyclic) bond motifs is 2. The summed E-state index contributed by atoms with van der Waals surface area (Å²) in [4.78, 5) is 25.2. The lowest BCUT2D eigenvalue weighted by atomic mass is 9.92. The van der Waals surface area contributed by atoms with Crippen molar-refractivity contribution in [2.24, 2.45) is 0 Å². The summed E-state index contributed by atoms with van der Waals surface area (Å²) in [6, 6.07) is 16.8. The van der Waals surface area contributed by atoms with Gasteiger partial charge in [-0.05, 0) is 53.1 Å². The molecule has 1 aliphatic rings. The first-order chi connectivity index (χ1) is 18.7. The summed E-state index contributed by atoms with van der Waals surface area (Å²) in [5.74, 6) is -0.280. The van der Waals surface area contributed by atoms with Crippen LogP contribution in [0.5, 0.6) is 0 Å². The molecule has 0 unspecified atom stereocenters. The zero-order valence-electron chi connectivity index (χ0n) is 21.6. The summed E-state index contributed by atoms with van der Waals surface area (Å²) in [7, 11) is 0. The zero-order chi connectivity index (χ0) is 27.3. The smallest absolute Gasteiger partial charge is 0.324 e. The number of H-pyrrole nitrogens is 1. The van der Waals surface area contributed by atoms with Crippen molar-refractivity contribution in [1.29, 1.82) is 0 Å². The number of amides is 3. The van der Waals surface area contributed by atoms with Crippen LogP contribution >= 0.6 is 0 Å². The average Bonchev–Trinajstić information content (AvgIpc) is 3.63. The van der Waals surface area contributed by atoms with Gasteiger partial charge in [-0.25, -0.2) is 13.9 Å². The maximum Gasteiger partial charge on any atom is 0.324 e. The molecule has 6 rings (SSSR count). The second kappa shape index (κ2) is 9.09. The van der Waals surface area contributed by atoms with E-state index >= 15 is 0 Å². The summed E-state index contributed by atoms with van der Waals surface area (Å²) in [6.07, 6.45) is 1.72. The molecule has 3 amide bonds. The summed E-state index contributed by atoms with van der Waals surface area (Å²) in [5.41, 5.74) is 5.08. The van der Waals surface area contributed by atoms with Crippen LogP contribution in [-0.4, -0.2) is 31.9 Å². The number of aromatic nitrogens is 4. The lowest BCUT2D eigenvalue weighted by Crippen LogP contribution is -2.22. The first kappa shape index (κ1) is 24.4. The molecule has 0 aliphatic carbocycles. The molecule has 0 saturated carbocycles. The number of halogens is 1. The fourth-order valence-electron chi connectivity index (χ4n) is 4.68. The monoisotopic (exact) mass is 523 g/mol. The largest absolute Gasteiger partial charge is 0.348 e. The topological polar surface area (TPSA) is 117 Å². The number of urea groups is 1. The van der Waals surface area contributed by atoms with E-state index in [4.69, 9.17) is 5.10 Å². The van der Waals surface area contributed by atoms with Gasteiger partial charge < -0.3 is 10.6 Å². The third-order valence-corrected chi connectivity index (χ3v) is 6.76. The predicted molar refractivity (Wildman–Crippen MR) is 148 cm³/mol. The van der Waals surface area contributed by atoms with Gasteiger partial charge in [-0.1, -0.05) is 39.0 Å². The number of hydrogen-bond acceptors (Lipinski definition) is 4. The molecule has 3 heterocycles. The minimum atomic E-state index is -0.618. The Kier molecular flexibility index (Phi) is 5.67. The predicted octanol–water partition coefficient (Wildman–Crippen LogP) is 5.74. The molecule has 0 bridgehead atoms. The van der Waals surface area contributed by atoms with Gasteiger partial charge in [-0.3, -0.25) is 15.2 Å². The second-order valence-corrected chi connectivity index (χ2v) is 10.5.